The van der Waals surface area contributed by atoms with Gasteiger partial charge < -0.3 is 14.8 Å². The molecule has 37 heavy (non-hydrogen) atoms. The van der Waals surface area contributed by atoms with Crippen LogP contribution in [0.15, 0.2) is 42.5 Å². The van der Waals surface area contributed by atoms with Gasteiger partial charge in [0.15, 0.2) is 11.5 Å². The Labute approximate surface area is 216 Å². The number of aryl methyl sites for hydroxylation is 1. The molecular formula is C27H34N6O4. The molecule has 0 bridgehead atoms. The lowest BCUT2D eigenvalue weighted by Crippen LogP contribution is -2.52. The van der Waals surface area contributed by atoms with Crippen LogP contribution in [0.3, 0.4) is 0 Å². The highest BCUT2D eigenvalue weighted by molar-refractivity contribution is 6.01. The minimum Gasteiger partial charge on any atom is -0.493 e. The molecule has 1 heterocycles. The number of carbonyl (C=O) groups is 2. The molecule has 1 atom stereocenters. The number of aromatic nitrogens is 4. The van der Waals surface area contributed by atoms with Crippen LogP contribution >= 0.6 is 0 Å². The van der Waals surface area contributed by atoms with Gasteiger partial charge >= 0.3 is 0 Å². The van der Waals surface area contributed by atoms with Gasteiger partial charge in [-0.3, -0.25) is 14.5 Å². The lowest BCUT2D eigenvalue weighted by Gasteiger charge is -2.31. The smallest absolute Gasteiger partial charge is 0.251 e. The average molecular weight is 507 g/mol. The van der Waals surface area contributed by atoms with Crippen molar-refractivity contribution in [2.24, 2.45) is 0 Å². The molecule has 2 amide bonds. The minimum absolute atomic E-state index is 0.137. The van der Waals surface area contributed by atoms with E-state index in [0.717, 1.165) is 36.8 Å². The summed E-state index contributed by atoms with van der Waals surface area (Å²) in [6.07, 6.45) is 4.54. The van der Waals surface area contributed by atoms with E-state index in [-0.39, 0.29) is 24.4 Å². The molecule has 1 aromatic heterocycles. The van der Waals surface area contributed by atoms with Crippen LogP contribution < -0.4 is 19.7 Å². The van der Waals surface area contributed by atoms with Gasteiger partial charge in [0.1, 0.15) is 12.6 Å². The third kappa shape index (κ3) is 6.07. The number of nitrogens with zero attached hydrogens (tertiary/aromatic N) is 5. The number of hydrogen-bond acceptors (Lipinski definition) is 7. The van der Waals surface area contributed by atoms with Gasteiger partial charge in [0, 0.05) is 23.4 Å². The van der Waals surface area contributed by atoms with E-state index in [2.05, 4.69) is 20.7 Å². The summed E-state index contributed by atoms with van der Waals surface area (Å²) in [5, 5.41) is 15.7. The second kappa shape index (κ2) is 11.9. The van der Waals surface area contributed by atoms with Crippen molar-refractivity contribution in [3.8, 4) is 22.9 Å². The monoisotopic (exact) mass is 506 g/mol. The Morgan fingerprint density at radius 2 is 1.78 bits per heavy atom. The molecular weight excluding hydrogens is 472 g/mol. The summed E-state index contributed by atoms with van der Waals surface area (Å²) in [4.78, 5) is 29.9. The van der Waals surface area contributed by atoms with Crippen molar-refractivity contribution >= 4 is 17.5 Å². The Hall–Kier alpha value is -3.95. The fourth-order valence-corrected chi connectivity index (χ4v) is 4.65. The minimum atomic E-state index is -0.716. The predicted octanol–water partition coefficient (Wildman–Crippen LogP) is 3.54. The van der Waals surface area contributed by atoms with E-state index in [1.807, 2.05) is 38.1 Å². The van der Waals surface area contributed by atoms with E-state index in [1.165, 1.54) is 16.8 Å². The van der Waals surface area contributed by atoms with Gasteiger partial charge in [-0.15, -0.1) is 10.2 Å². The number of anilines is 1. The van der Waals surface area contributed by atoms with Crippen LogP contribution in [0.25, 0.3) is 11.4 Å². The van der Waals surface area contributed by atoms with E-state index >= 15 is 0 Å². The first kappa shape index (κ1) is 26.1. The summed E-state index contributed by atoms with van der Waals surface area (Å²) < 4.78 is 10.8. The molecule has 196 valence electrons. The van der Waals surface area contributed by atoms with Gasteiger partial charge in [-0.2, -0.15) is 4.80 Å². The quantitative estimate of drug-likeness (QED) is 0.448. The van der Waals surface area contributed by atoms with Gasteiger partial charge in [-0.1, -0.05) is 49.6 Å². The molecule has 10 heteroatoms. The molecule has 0 spiro atoms. The summed E-state index contributed by atoms with van der Waals surface area (Å²) in [6.45, 7) is 3.71. The lowest BCUT2D eigenvalue weighted by molar-refractivity contribution is -0.127. The number of hydrogen-bond donors (Lipinski definition) is 1. The van der Waals surface area contributed by atoms with Crippen LogP contribution in [0.4, 0.5) is 5.69 Å². The molecule has 1 aliphatic rings. The number of tetrazole rings is 1. The molecule has 0 radical (unpaired) electrons. The largest absolute Gasteiger partial charge is 0.493 e. The van der Waals surface area contributed by atoms with Crippen LogP contribution in [-0.2, 0) is 16.1 Å². The van der Waals surface area contributed by atoms with Crippen LogP contribution in [0.2, 0.25) is 0 Å². The van der Waals surface area contributed by atoms with Gasteiger partial charge in [0.2, 0.25) is 11.7 Å². The average Bonchev–Trinajstić information content (AvgIpc) is 3.59. The summed E-state index contributed by atoms with van der Waals surface area (Å²) >= 11 is 0. The van der Waals surface area contributed by atoms with E-state index in [4.69, 9.17) is 9.47 Å². The Balaban J connectivity index is 1.62. The zero-order chi connectivity index (χ0) is 26.4. The SMILES string of the molecule is CC[C@H](C(=O)NC1CCCC1)N(C(=O)Cn1nnc(-c2ccc(C)cc2)n1)c1ccc(OC)c(OC)c1. The van der Waals surface area contributed by atoms with Crippen molar-refractivity contribution in [3.05, 3.63) is 48.0 Å². The zero-order valence-corrected chi connectivity index (χ0v) is 21.8. The number of ether oxygens (including phenoxy) is 2. The molecule has 1 aliphatic carbocycles. The molecule has 0 unspecified atom stereocenters. The van der Waals surface area contributed by atoms with Crippen LogP contribution in [0, 0.1) is 6.92 Å². The first-order chi connectivity index (χ1) is 17.9. The fraction of sp³-hybridized carbons (Fsp3) is 0.444. The third-order valence-corrected chi connectivity index (χ3v) is 6.66. The molecule has 1 N–H and O–H groups in total. The van der Waals surface area contributed by atoms with Gasteiger partial charge in [0.25, 0.3) is 5.91 Å². The maximum absolute atomic E-state index is 13.7. The zero-order valence-electron chi connectivity index (χ0n) is 21.8. The summed E-state index contributed by atoms with van der Waals surface area (Å²) in [6, 6.07) is 12.3. The number of carbonyl (C=O) groups excluding carboxylic acids is 2. The van der Waals surface area contributed by atoms with Crippen LogP contribution in [-0.4, -0.2) is 58.3 Å². The van der Waals surface area contributed by atoms with E-state index in [0.29, 0.717) is 29.4 Å². The molecule has 4 rings (SSSR count). The number of nitrogens with one attached hydrogen (secondary N) is 1. The lowest BCUT2D eigenvalue weighted by atomic mass is 10.1. The summed E-state index contributed by atoms with van der Waals surface area (Å²) in [5.41, 5.74) is 2.46. The third-order valence-electron chi connectivity index (χ3n) is 6.66. The van der Waals surface area contributed by atoms with Gasteiger partial charge in [-0.05, 0) is 43.5 Å². The number of methoxy groups -OCH3 is 2. The second-order valence-corrected chi connectivity index (χ2v) is 9.23. The summed E-state index contributed by atoms with van der Waals surface area (Å²) in [5.74, 6) is 0.904. The molecule has 1 saturated carbocycles. The number of rotatable bonds is 10. The Morgan fingerprint density at radius 3 is 2.43 bits per heavy atom. The van der Waals surface area contributed by atoms with Crippen molar-refractivity contribution < 1.29 is 19.1 Å². The van der Waals surface area contributed by atoms with Crippen molar-refractivity contribution in [1.82, 2.24) is 25.5 Å². The number of benzene rings is 2. The maximum atomic E-state index is 13.7. The van der Waals surface area contributed by atoms with Crippen LogP contribution in [0.1, 0.15) is 44.6 Å². The molecule has 10 nitrogen and oxygen atoms in total. The summed E-state index contributed by atoms with van der Waals surface area (Å²) in [7, 11) is 3.08. The van der Waals surface area contributed by atoms with Crippen LogP contribution in [0.5, 0.6) is 11.5 Å². The van der Waals surface area contributed by atoms with E-state index in [9.17, 15) is 9.59 Å². The highest BCUT2D eigenvalue weighted by Crippen LogP contribution is 2.33. The van der Waals surface area contributed by atoms with Crippen molar-refractivity contribution in [2.45, 2.75) is 64.6 Å². The van der Waals surface area contributed by atoms with Gasteiger partial charge in [-0.25, -0.2) is 0 Å². The molecule has 3 aromatic rings. The predicted molar refractivity (Wildman–Crippen MR) is 139 cm³/mol. The van der Waals surface area contributed by atoms with E-state index < -0.39 is 6.04 Å². The molecule has 0 aliphatic heterocycles. The number of amides is 2. The Morgan fingerprint density at radius 1 is 1.08 bits per heavy atom. The molecule has 2 aromatic carbocycles. The Bertz CT molecular complexity index is 1220. The topological polar surface area (TPSA) is 111 Å². The van der Waals surface area contributed by atoms with Gasteiger partial charge in [0.05, 0.1) is 14.2 Å². The maximum Gasteiger partial charge on any atom is 0.251 e. The Kier molecular flexibility index (Phi) is 8.37. The first-order valence-electron chi connectivity index (χ1n) is 12.6. The standard InChI is InChI=1S/C27H34N6O4/c1-5-22(27(35)28-20-8-6-7-9-20)33(21-14-15-23(36-3)24(16-21)37-4)25(34)17-32-30-26(29-31-32)19-12-10-18(2)11-13-19/h10-16,20,22H,5-9,17H2,1-4H3,(H,28,35)/t22-/m1/s1. The van der Waals surface area contributed by atoms with Crippen molar-refractivity contribution in [3.63, 3.8) is 0 Å². The van der Waals surface area contributed by atoms with Crippen molar-refractivity contribution in [2.75, 3.05) is 19.1 Å². The highest BCUT2D eigenvalue weighted by atomic mass is 16.5. The second-order valence-electron chi connectivity index (χ2n) is 9.23. The fourth-order valence-electron chi connectivity index (χ4n) is 4.65. The molecule has 1 fully saturated rings. The normalized spacial score (nSPS) is 14.3. The molecule has 0 saturated heterocycles. The van der Waals surface area contributed by atoms with E-state index in [1.54, 1.807) is 25.3 Å². The highest BCUT2D eigenvalue weighted by Gasteiger charge is 2.32. The first-order valence-corrected chi connectivity index (χ1v) is 12.6. The van der Waals surface area contributed by atoms with Crippen molar-refractivity contribution in [1.29, 1.82) is 0 Å².